The van der Waals surface area contributed by atoms with Crippen molar-refractivity contribution < 1.29 is 0 Å². The zero-order chi connectivity index (χ0) is 36.1. The van der Waals surface area contributed by atoms with Gasteiger partial charge in [-0.15, -0.1) is 0 Å². The maximum Gasteiger partial charge on any atom is 0.164 e. The van der Waals surface area contributed by atoms with Crippen molar-refractivity contribution in [3.05, 3.63) is 212 Å². The van der Waals surface area contributed by atoms with Gasteiger partial charge in [-0.3, -0.25) is 0 Å². The minimum absolute atomic E-state index is 0.616. The van der Waals surface area contributed by atoms with Gasteiger partial charge < -0.3 is 0 Å². The first kappa shape index (κ1) is 32.7. The number of rotatable bonds is 8. The average Bonchev–Trinajstić information content (AvgIpc) is 3.27. The van der Waals surface area contributed by atoms with Gasteiger partial charge in [-0.2, -0.15) is 0 Å². The second-order valence-electron chi connectivity index (χ2n) is 13.3. The zero-order valence-corrected chi connectivity index (χ0v) is 29.5. The van der Waals surface area contributed by atoms with Gasteiger partial charge in [0, 0.05) is 16.7 Å². The predicted octanol–water partition coefficient (Wildman–Crippen LogP) is 13.2. The van der Waals surface area contributed by atoms with E-state index in [1.54, 1.807) is 0 Å². The first-order chi connectivity index (χ1) is 26.7. The monoisotopic (exact) mass is 689 g/mol. The van der Waals surface area contributed by atoms with Crippen LogP contribution in [0.25, 0.3) is 89.8 Å². The van der Waals surface area contributed by atoms with Gasteiger partial charge in [-0.25, -0.2) is 15.0 Å². The Morgan fingerprint density at radius 1 is 0.185 bits per heavy atom. The highest BCUT2D eigenvalue weighted by Gasteiger charge is 2.18. The first-order valence-corrected chi connectivity index (χ1v) is 18.2. The second kappa shape index (κ2) is 14.8. The molecular formula is C51H35N3. The molecule has 3 heteroatoms. The lowest BCUT2D eigenvalue weighted by Gasteiger charge is -2.15. The van der Waals surface area contributed by atoms with Gasteiger partial charge in [0.05, 0.1) is 0 Å². The van der Waals surface area contributed by atoms with E-state index in [2.05, 4.69) is 170 Å². The lowest BCUT2D eigenvalue weighted by molar-refractivity contribution is 1.07. The number of nitrogens with zero attached hydrogens (tertiary/aromatic N) is 3. The van der Waals surface area contributed by atoms with Crippen LogP contribution in [0.1, 0.15) is 0 Å². The Kier molecular flexibility index (Phi) is 8.94. The second-order valence-corrected chi connectivity index (χ2v) is 13.3. The fraction of sp³-hybridized carbons (Fsp3) is 0. The molecule has 0 unspecified atom stereocenters. The molecule has 0 atom stereocenters. The van der Waals surface area contributed by atoms with Gasteiger partial charge in [0.15, 0.2) is 17.5 Å². The number of hydrogen-bond donors (Lipinski definition) is 0. The van der Waals surface area contributed by atoms with Crippen molar-refractivity contribution in [3.63, 3.8) is 0 Å². The molecule has 0 aliphatic heterocycles. The van der Waals surface area contributed by atoms with Gasteiger partial charge in [0.25, 0.3) is 0 Å². The van der Waals surface area contributed by atoms with Crippen molar-refractivity contribution in [2.45, 2.75) is 0 Å². The summed E-state index contributed by atoms with van der Waals surface area (Å²) in [6.07, 6.45) is 0. The summed E-state index contributed by atoms with van der Waals surface area (Å²) < 4.78 is 0. The summed E-state index contributed by atoms with van der Waals surface area (Å²) >= 11 is 0. The summed E-state index contributed by atoms with van der Waals surface area (Å²) in [7, 11) is 0. The van der Waals surface area contributed by atoms with Crippen LogP contribution in [0.4, 0.5) is 0 Å². The van der Waals surface area contributed by atoms with E-state index in [0.29, 0.717) is 17.5 Å². The molecule has 0 aliphatic carbocycles. The molecule has 0 N–H and O–H groups in total. The molecule has 0 bridgehead atoms. The third-order valence-corrected chi connectivity index (χ3v) is 9.74. The summed E-state index contributed by atoms with van der Waals surface area (Å²) in [6.45, 7) is 0. The summed E-state index contributed by atoms with van der Waals surface area (Å²) in [6, 6.07) is 74.1. The smallest absolute Gasteiger partial charge is 0.164 e. The molecule has 254 valence electrons. The largest absolute Gasteiger partial charge is 0.208 e. The fourth-order valence-corrected chi connectivity index (χ4v) is 6.95. The standard InChI is InChI=1S/C51H35N3/c1-6-16-36(17-7-1)39-26-28-40(29-27-39)45-32-44(38-20-10-3-11-21-38)33-46(34-45)50-52-49(42-24-14-5-15-25-42)53-51(54-50)47-31-30-43(37-18-8-2-9-19-37)35-48(47)41-22-12-4-13-23-41/h1-35H. The molecule has 0 aliphatic rings. The summed E-state index contributed by atoms with van der Waals surface area (Å²) in [5.41, 5.74) is 14.0. The molecule has 0 saturated heterocycles. The predicted molar refractivity (Wildman–Crippen MR) is 223 cm³/mol. The molecule has 0 fully saturated rings. The lowest BCUT2D eigenvalue weighted by Crippen LogP contribution is -2.01. The van der Waals surface area contributed by atoms with Crippen LogP contribution in [0.3, 0.4) is 0 Å². The number of benzene rings is 8. The quantitative estimate of drug-likeness (QED) is 0.159. The van der Waals surface area contributed by atoms with Crippen LogP contribution in [0.5, 0.6) is 0 Å². The van der Waals surface area contributed by atoms with Crippen LogP contribution < -0.4 is 0 Å². The Labute approximate surface area is 316 Å². The molecule has 3 nitrogen and oxygen atoms in total. The van der Waals surface area contributed by atoms with Crippen molar-refractivity contribution in [3.8, 4) is 89.8 Å². The molecular weight excluding hydrogens is 655 g/mol. The molecule has 9 rings (SSSR count). The van der Waals surface area contributed by atoms with Gasteiger partial charge >= 0.3 is 0 Å². The van der Waals surface area contributed by atoms with E-state index in [-0.39, 0.29) is 0 Å². The molecule has 0 amide bonds. The number of hydrogen-bond acceptors (Lipinski definition) is 3. The van der Waals surface area contributed by atoms with E-state index < -0.39 is 0 Å². The Morgan fingerprint density at radius 3 is 1.04 bits per heavy atom. The number of aromatic nitrogens is 3. The van der Waals surface area contributed by atoms with Gasteiger partial charge in [0.2, 0.25) is 0 Å². The minimum atomic E-state index is 0.616. The van der Waals surface area contributed by atoms with Crippen LogP contribution in [-0.4, -0.2) is 15.0 Å². The van der Waals surface area contributed by atoms with Gasteiger partial charge in [0.1, 0.15) is 0 Å². The van der Waals surface area contributed by atoms with Gasteiger partial charge in [-0.05, 0) is 86.0 Å². The highest BCUT2D eigenvalue weighted by molar-refractivity contribution is 5.87. The van der Waals surface area contributed by atoms with E-state index in [4.69, 9.17) is 15.0 Å². The van der Waals surface area contributed by atoms with E-state index in [1.807, 2.05) is 42.5 Å². The first-order valence-electron chi connectivity index (χ1n) is 18.2. The molecule has 0 radical (unpaired) electrons. The van der Waals surface area contributed by atoms with Gasteiger partial charge in [-0.1, -0.05) is 182 Å². The highest BCUT2D eigenvalue weighted by Crippen LogP contribution is 2.38. The Balaban J connectivity index is 1.24. The Hall–Kier alpha value is -7.23. The third-order valence-electron chi connectivity index (χ3n) is 9.74. The van der Waals surface area contributed by atoms with E-state index >= 15 is 0 Å². The van der Waals surface area contributed by atoms with Crippen LogP contribution in [-0.2, 0) is 0 Å². The molecule has 1 aromatic heterocycles. The molecule has 8 aromatic carbocycles. The minimum Gasteiger partial charge on any atom is -0.208 e. The molecule has 54 heavy (non-hydrogen) atoms. The topological polar surface area (TPSA) is 38.7 Å². The summed E-state index contributed by atoms with van der Waals surface area (Å²) in [5, 5.41) is 0. The summed E-state index contributed by atoms with van der Waals surface area (Å²) in [5.74, 6) is 1.86. The zero-order valence-electron chi connectivity index (χ0n) is 29.5. The van der Waals surface area contributed by atoms with E-state index in [9.17, 15) is 0 Å². The normalized spacial score (nSPS) is 11.0. The lowest BCUT2D eigenvalue weighted by atomic mass is 9.93. The van der Waals surface area contributed by atoms with Crippen LogP contribution in [0.2, 0.25) is 0 Å². The SMILES string of the molecule is c1ccc(-c2ccc(-c3cc(-c4ccccc4)cc(-c4nc(-c5ccccc5)nc(-c5ccc(-c6ccccc6)cc5-c5ccccc5)n4)c3)cc2)cc1. The van der Waals surface area contributed by atoms with Crippen molar-refractivity contribution in [2.24, 2.45) is 0 Å². The Morgan fingerprint density at radius 2 is 0.519 bits per heavy atom. The average molecular weight is 690 g/mol. The van der Waals surface area contributed by atoms with Crippen LogP contribution >= 0.6 is 0 Å². The molecule has 9 aromatic rings. The van der Waals surface area contributed by atoms with Crippen molar-refractivity contribution in [1.82, 2.24) is 15.0 Å². The molecule has 1 heterocycles. The van der Waals surface area contributed by atoms with Crippen molar-refractivity contribution in [1.29, 1.82) is 0 Å². The van der Waals surface area contributed by atoms with E-state index in [0.717, 1.165) is 61.2 Å². The van der Waals surface area contributed by atoms with Crippen LogP contribution in [0.15, 0.2) is 212 Å². The third kappa shape index (κ3) is 6.87. The molecule has 0 spiro atoms. The van der Waals surface area contributed by atoms with Crippen molar-refractivity contribution >= 4 is 0 Å². The van der Waals surface area contributed by atoms with Crippen molar-refractivity contribution in [2.75, 3.05) is 0 Å². The Bertz CT molecular complexity index is 2660. The fourth-order valence-electron chi connectivity index (χ4n) is 6.95. The van der Waals surface area contributed by atoms with E-state index in [1.165, 1.54) is 11.1 Å². The maximum atomic E-state index is 5.29. The summed E-state index contributed by atoms with van der Waals surface area (Å²) in [4.78, 5) is 15.6. The highest BCUT2D eigenvalue weighted by atomic mass is 15.0. The van der Waals surface area contributed by atoms with Crippen LogP contribution in [0, 0.1) is 0 Å². The maximum absolute atomic E-state index is 5.29. The molecule has 0 saturated carbocycles.